The van der Waals surface area contributed by atoms with Gasteiger partial charge in [0.1, 0.15) is 23.1 Å². The van der Waals surface area contributed by atoms with E-state index in [0.29, 0.717) is 36.3 Å². The lowest BCUT2D eigenvalue weighted by atomic mass is 10.0. The summed E-state index contributed by atoms with van der Waals surface area (Å²) in [7, 11) is 0. The monoisotopic (exact) mass is 489 g/mol. The maximum absolute atomic E-state index is 13.0. The van der Waals surface area contributed by atoms with Crippen molar-refractivity contribution in [3.05, 3.63) is 48.0 Å². The molecule has 186 valence electrons. The van der Waals surface area contributed by atoms with Crippen molar-refractivity contribution in [3.63, 3.8) is 0 Å². The molecule has 35 heavy (non-hydrogen) atoms. The predicted octanol–water partition coefficient (Wildman–Crippen LogP) is 5.80. The Morgan fingerprint density at radius 1 is 1.09 bits per heavy atom. The number of phenols is 1. The number of likely N-dealkylation sites (tertiary alicyclic amines) is 1. The Bertz CT molecular complexity index is 1240. The number of aromatic nitrogens is 2. The highest BCUT2D eigenvalue weighted by Crippen LogP contribution is 2.39. The summed E-state index contributed by atoms with van der Waals surface area (Å²) in [5.41, 5.74) is -1.20. The second-order valence-electron chi connectivity index (χ2n) is 9.44. The van der Waals surface area contributed by atoms with E-state index in [2.05, 4.69) is 10.2 Å². The van der Waals surface area contributed by atoms with Crippen LogP contribution in [0.1, 0.15) is 39.2 Å². The number of hydrogen-bond donors (Lipinski definition) is 1. The molecular formula is C25H26F3N3O4. The van der Waals surface area contributed by atoms with E-state index in [4.69, 9.17) is 9.47 Å². The highest BCUT2D eigenvalue weighted by atomic mass is 19.4. The molecule has 4 rings (SSSR count). The third-order valence-electron chi connectivity index (χ3n) is 5.54. The Balaban J connectivity index is 1.61. The Morgan fingerprint density at radius 2 is 1.80 bits per heavy atom. The number of ether oxygens (including phenoxy) is 2. The van der Waals surface area contributed by atoms with Crippen molar-refractivity contribution in [1.82, 2.24) is 15.1 Å². The van der Waals surface area contributed by atoms with Gasteiger partial charge in [0.2, 0.25) is 5.88 Å². The van der Waals surface area contributed by atoms with E-state index in [0.717, 1.165) is 12.5 Å². The second-order valence-corrected chi connectivity index (χ2v) is 9.44. The summed E-state index contributed by atoms with van der Waals surface area (Å²) < 4.78 is 50.6. The van der Waals surface area contributed by atoms with Crippen LogP contribution in [-0.4, -0.2) is 51.1 Å². The first-order chi connectivity index (χ1) is 16.4. The summed E-state index contributed by atoms with van der Waals surface area (Å²) in [6, 6.07) is 9.77. The average molecular weight is 489 g/mol. The zero-order chi connectivity index (χ0) is 25.4. The number of benzene rings is 2. The molecular weight excluding hydrogens is 463 g/mol. The minimum atomic E-state index is -4.57. The topological polar surface area (TPSA) is 84.8 Å². The fourth-order valence-electron chi connectivity index (χ4n) is 3.96. The summed E-state index contributed by atoms with van der Waals surface area (Å²) in [6.45, 7) is 6.31. The number of alkyl halides is 3. The SMILES string of the molecule is CC(C)(C)OC(=O)N1CCC[C@@H](Oc2nnc(-c3ccc(C(F)(F)F)cc3O)c3ccccc23)C1. The van der Waals surface area contributed by atoms with Crippen LogP contribution in [0.2, 0.25) is 0 Å². The van der Waals surface area contributed by atoms with Crippen LogP contribution in [0.5, 0.6) is 11.6 Å². The molecule has 0 spiro atoms. The number of fused-ring (bicyclic) bond motifs is 1. The van der Waals surface area contributed by atoms with Crippen LogP contribution in [0.3, 0.4) is 0 Å². The number of rotatable bonds is 3. The Kier molecular flexibility index (Phi) is 6.48. The molecule has 1 aromatic heterocycles. The standard InChI is InChI=1S/C25H26F3N3O4/c1-24(2,3)35-23(33)31-12-6-7-16(14-31)34-22-18-9-5-4-8-17(18)21(29-30-22)19-11-10-15(13-20(19)32)25(26,27)28/h4-5,8-11,13,16,32H,6-7,12,14H2,1-3H3/t16-/m1/s1. The normalized spacial score (nSPS) is 16.9. The molecule has 0 unspecified atom stereocenters. The molecule has 1 atom stereocenters. The van der Waals surface area contributed by atoms with E-state index >= 15 is 0 Å². The first-order valence-corrected chi connectivity index (χ1v) is 11.2. The number of amides is 1. The zero-order valence-corrected chi connectivity index (χ0v) is 19.6. The minimum Gasteiger partial charge on any atom is -0.507 e. The Labute approximate surface area is 200 Å². The van der Waals surface area contributed by atoms with Crippen LogP contribution in [0.4, 0.5) is 18.0 Å². The molecule has 0 radical (unpaired) electrons. The lowest BCUT2D eigenvalue weighted by Gasteiger charge is -2.34. The number of phenolic OH excluding ortho intramolecular Hbond substituents is 1. The van der Waals surface area contributed by atoms with Gasteiger partial charge in [0.25, 0.3) is 0 Å². The van der Waals surface area contributed by atoms with Crippen molar-refractivity contribution in [1.29, 1.82) is 0 Å². The first kappa shape index (κ1) is 24.6. The molecule has 3 aromatic rings. The smallest absolute Gasteiger partial charge is 0.416 e. The molecule has 0 bridgehead atoms. The molecule has 1 saturated heterocycles. The van der Waals surface area contributed by atoms with E-state index < -0.39 is 29.2 Å². The lowest BCUT2D eigenvalue weighted by molar-refractivity contribution is -0.137. The highest BCUT2D eigenvalue weighted by Gasteiger charge is 2.32. The molecule has 7 nitrogen and oxygen atoms in total. The fraction of sp³-hybridized carbons (Fsp3) is 0.400. The van der Waals surface area contributed by atoms with Crippen molar-refractivity contribution in [2.75, 3.05) is 13.1 Å². The van der Waals surface area contributed by atoms with E-state index in [1.54, 1.807) is 49.9 Å². The summed E-state index contributed by atoms with van der Waals surface area (Å²) in [4.78, 5) is 14.1. The molecule has 2 heterocycles. The predicted molar refractivity (Wildman–Crippen MR) is 123 cm³/mol. The van der Waals surface area contributed by atoms with Gasteiger partial charge >= 0.3 is 12.3 Å². The van der Waals surface area contributed by atoms with Crippen LogP contribution >= 0.6 is 0 Å². The van der Waals surface area contributed by atoms with Gasteiger partial charge in [0.05, 0.1) is 12.1 Å². The fourth-order valence-corrected chi connectivity index (χ4v) is 3.96. The van der Waals surface area contributed by atoms with Gasteiger partial charge in [-0.3, -0.25) is 0 Å². The summed E-state index contributed by atoms with van der Waals surface area (Å²) in [5, 5.41) is 19.8. The summed E-state index contributed by atoms with van der Waals surface area (Å²) in [6.07, 6.45) is -3.88. The van der Waals surface area contributed by atoms with E-state index in [1.807, 2.05) is 0 Å². The number of piperidine rings is 1. The molecule has 1 amide bonds. The van der Waals surface area contributed by atoms with Crippen LogP contribution in [-0.2, 0) is 10.9 Å². The van der Waals surface area contributed by atoms with Crippen LogP contribution < -0.4 is 4.74 Å². The third kappa shape index (κ3) is 5.58. The number of carbonyl (C=O) groups is 1. The van der Waals surface area contributed by atoms with Gasteiger partial charge in [0.15, 0.2) is 0 Å². The number of nitrogens with zero attached hydrogens (tertiary/aromatic N) is 3. The molecule has 0 aliphatic carbocycles. The molecule has 1 fully saturated rings. The number of halogens is 3. The van der Waals surface area contributed by atoms with Gasteiger partial charge < -0.3 is 19.5 Å². The molecule has 1 aliphatic heterocycles. The molecule has 10 heteroatoms. The number of aromatic hydroxyl groups is 1. The molecule has 2 aromatic carbocycles. The van der Waals surface area contributed by atoms with Crippen molar-refractivity contribution < 1.29 is 32.5 Å². The van der Waals surface area contributed by atoms with E-state index in [9.17, 15) is 23.1 Å². The van der Waals surface area contributed by atoms with Gasteiger partial charge in [-0.1, -0.05) is 18.2 Å². The summed E-state index contributed by atoms with van der Waals surface area (Å²) in [5.74, 6) is -0.306. The Morgan fingerprint density at radius 3 is 2.46 bits per heavy atom. The summed E-state index contributed by atoms with van der Waals surface area (Å²) >= 11 is 0. The highest BCUT2D eigenvalue weighted by molar-refractivity contribution is 5.98. The lowest BCUT2D eigenvalue weighted by Crippen LogP contribution is -2.46. The van der Waals surface area contributed by atoms with Crippen LogP contribution in [0.25, 0.3) is 22.0 Å². The van der Waals surface area contributed by atoms with Gasteiger partial charge in [-0.15, -0.1) is 10.2 Å². The van der Waals surface area contributed by atoms with Crippen LogP contribution in [0, 0.1) is 0 Å². The van der Waals surface area contributed by atoms with Crippen molar-refractivity contribution in [2.24, 2.45) is 0 Å². The third-order valence-corrected chi connectivity index (χ3v) is 5.54. The second kappa shape index (κ2) is 9.24. The number of hydrogen-bond acceptors (Lipinski definition) is 6. The first-order valence-electron chi connectivity index (χ1n) is 11.2. The van der Waals surface area contributed by atoms with E-state index in [-0.39, 0.29) is 23.2 Å². The number of carbonyl (C=O) groups excluding carboxylic acids is 1. The van der Waals surface area contributed by atoms with Crippen LogP contribution in [0.15, 0.2) is 42.5 Å². The Hall–Kier alpha value is -3.56. The molecule has 0 saturated carbocycles. The average Bonchev–Trinajstić information content (AvgIpc) is 2.78. The maximum atomic E-state index is 13.0. The molecule has 1 N–H and O–H groups in total. The van der Waals surface area contributed by atoms with Crippen molar-refractivity contribution in [2.45, 2.75) is 51.5 Å². The van der Waals surface area contributed by atoms with Gasteiger partial charge in [-0.25, -0.2) is 4.79 Å². The minimum absolute atomic E-state index is 0.127. The quantitative estimate of drug-likeness (QED) is 0.501. The van der Waals surface area contributed by atoms with Crippen molar-refractivity contribution in [3.8, 4) is 22.9 Å². The molecule has 1 aliphatic rings. The van der Waals surface area contributed by atoms with E-state index in [1.165, 1.54) is 6.07 Å². The zero-order valence-electron chi connectivity index (χ0n) is 19.6. The van der Waals surface area contributed by atoms with Gasteiger partial charge in [0, 0.05) is 22.9 Å². The van der Waals surface area contributed by atoms with Gasteiger partial charge in [-0.2, -0.15) is 13.2 Å². The maximum Gasteiger partial charge on any atom is 0.416 e. The van der Waals surface area contributed by atoms with Gasteiger partial charge in [-0.05, 0) is 57.9 Å². The largest absolute Gasteiger partial charge is 0.507 e. The van der Waals surface area contributed by atoms with Crippen molar-refractivity contribution >= 4 is 16.9 Å².